The van der Waals surface area contributed by atoms with Crippen molar-refractivity contribution in [3.8, 4) is 0 Å². The molecule has 0 aliphatic carbocycles. The zero-order chi connectivity index (χ0) is 14.1. The molecule has 0 bridgehead atoms. The van der Waals surface area contributed by atoms with Gasteiger partial charge in [0.05, 0.1) is 0 Å². The molecule has 1 aliphatic heterocycles. The molecular weight excluding hydrogens is 232 g/mol. The predicted molar refractivity (Wildman–Crippen MR) is 69.3 cm³/mol. The van der Waals surface area contributed by atoms with Gasteiger partial charge in [-0.2, -0.15) is 0 Å². The molecule has 0 aromatic rings. The first-order valence-corrected chi connectivity index (χ1v) is 6.41. The van der Waals surface area contributed by atoms with Crippen LogP contribution in [-0.4, -0.2) is 41.1 Å². The van der Waals surface area contributed by atoms with Gasteiger partial charge in [0.25, 0.3) is 0 Å². The van der Waals surface area contributed by atoms with Crippen LogP contribution < -0.4 is 5.32 Å². The van der Waals surface area contributed by atoms with Crippen molar-refractivity contribution in [1.82, 2.24) is 10.2 Å². The summed E-state index contributed by atoms with van der Waals surface area (Å²) >= 11 is 0. The molecule has 1 heterocycles. The first-order chi connectivity index (χ1) is 8.12. The summed E-state index contributed by atoms with van der Waals surface area (Å²) in [5, 5.41) is 11.8. The number of carbonyl (C=O) groups excluding carboxylic acids is 1. The number of hydrogen-bond acceptors (Lipinski definition) is 2. The molecule has 104 valence electrons. The van der Waals surface area contributed by atoms with Gasteiger partial charge >= 0.3 is 12.0 Å². The molecule has 2 amide bonds. The molecule has 2 N–H and O–H groups in total. The number of carbonyl (C=O) groups is 2. The Kier molecular flexibility index (Phi) is 4.24. The molecule has 0 spiro atoms. The van der Waals surface area contributed by atoms with E-state index >= 15 is 0 Å². The van der Waals surface area contributed by atoms with Crippen LogP contribution in [0.5, 0.6) is 0 Å². The Balaban J connectivity index is 2.66. The van der Waals surface area contributed by atoms with E-state index in [0.717, 1.165) is 0 Å². The van der Waals surface area contributed by atoms with Crippen molar-refractivity contribution in [2.75, 3.05) is 13.1 Å². The maximum Gasteiger partial charge on any atom is 0.326 e. The van der Waals surface area contributed by atoms with Gasteiger partial charge in [-0.05, 0) is 17.3 Å². The average molecular weight is 256 g/mol. The lowest BCUT2D eigenvalue weighted by Crippen LogP contribution is -2.53. The van der Waals surface area contributed by atoms with Crippen molar-refractivity contribution in [1.29, 1.82) is 0 Å². The number of nitrogens with zero attached hydrogens (tertiary/aromatic N) is 1. The smallest absolute Gasteiger partial charge is 0.326 e. The fraction of sp³-hybridized carbons (Fsp3) is 0.846. The lowest BCUT2D eigenvalue weighted by Gasteiger charge is -2.29. The van der Waals surface area contributed by atoms with Gasteiger partial charge in [0, 0.05) is 13.1 Å². The van der Waals surface area contributed by atoms with Gasteiger partial charge in [0.2, 0.25) is 0 Å². The Morgan fingerprint density at radius 3 is 2.00 bits per heavy atom. The molecule has 0 radical (unpaired) electrons. The number of carboxylic acid groups (broad SMARTS) is 1. The number of rotatable bonds is 2. The Labute approximate surface area is 109 Å². The minimum atomic E-state index is -0.990. The fourth-order valence-electron chi connectivity index (χ4n) is 2.16. The molecule has 3 atom stereocenters. The van der Waals surface area contributed by atoms with Crippen molar-refractivity contribution in [3.63, 3.8) is 0 Å². The van der Waals surface area contributed by atoms with E-state index in [2.05, 4.69) is 19.2 Å². The first-order valence-electron chi connectivity index (χ1n) is 6.41. The fourth-order valence-corrected chi connectivity index (χ4v) is 2.16. The van der Waals surface area contributed by atoms with Gasteiger partial charge in [-0.25, -0.2) is 9.59 Å². The van der Waals surface area contributed by atoms with Crippen LogP contribution in [0.15, 0.2) is 0 Å². The third-order valence-corrected chi connectivity index (χ3v) is 3.66. The largest absolute Gasteiger partial charge is 0.480 e. The Hall–Kier alpha value is -1.26. The predicted octanol–water partition coefficient (Wildman–Crippen LogP) is 1.78. The zero-order valence-electron chi connectivity index (χ0n) is 11.9. The van der Waals surface area contributed by atoms with E-state index in [0.29, 0.717) is 24.9 Å². The van der Waals surface area contributed by atoms with Crippen molar-refractivity contribution in [2.45, 2.75) is 40.7 Å². The molecule has 18 heavy (non-hydrogen) atoms. The molecule has 2 unspecified atom stereocenters. The second-order valence-electron chi connectivity index (χ2n) is 6.45. The highest BCUT2D eigenvalue weighted by atomic mass is 16.4. The van der Waals surface area contributed by atoms with Crippen molar-refractivity contribution in [2.24, 2.45) is 17.3 Å². The van der Waals surface area contributed by atoms with E-state index in [-0.39, 0.29) is 6.03 Å². The second kappa shape index (κ2) is 5.16. The maximum absolute atomic E-state index is 12.0. The number of urea groups is 1. The summed E-state index contributed by atoms with van der Waals surface area (Å²) in [6.45, 7) is 11.0. The van der Waals surface area contributed by atoms with Crippen molar-refractivity contribution >= 4 is 12.0 Å². The van der Waals surface area contributed by atoms with Crippen molar-refractivity contribution in [3.05, 3.63) is 0 Å². The summed E-state index contributed by atoms with van der Waals surface area (Å²) in [7, 11) is 0. The van der Waals surface area contributed by atoms with Crippen molar-refractivity contribution < 1.29 is 14.7 Å². The maximum atomic E-state index is 12.0. The number of amides is 2. The number of likely N-dealkylation sites (tertiary alicyclic amines) is 1. The SMILES string of the molecule is CC1CN(C(=O)N[C@@H](C(=O)O)C(C)(C)C)CC1C. The van der Waals surface area contributed by atoms with Crippen LogP contribution in [-0.2, 0) is 4.79 Å². The van der Waals surface area contributed by atoms with Crippen LogP contribution in [0.3, 0.4) is 0 Å². The van der Waals surface area contributed by atoms with Crippen LogP contribution in [0.25, 0.3) is 0 Å². The van der Waals surface area contributed by atoms with E-state index in [9.17, 15) is 14.7 Å². The molecule has 0 saturated carbocycles. The zero-order valence-corrected chi connectivity index (χ0v) is 11.9. The highest BCUT2D eigenvalue weighted by molar-refractivity contribution is 5.83. The highest BCUT2D eigenvalue weighted by Crippen LogP contribution is 2.23. The van der Waals surface area contributed by atoms with Gasteiger partial charge in [-0.15, -0.1) is 0 Å². The van der Waals surface area contributed by atoms with Gasteiger partial charge in [-0.3, -0.25) is 0 Å². The Bertz CT molecular complexity index is 326. The first kappa shape index (κ1) is 14.8. The molecule has 0 aromatic heterocycles. The average Bonchev–Trinajstić information content (AvgIpc) is 2.53. The molecule has 1 aliphatic rings. The third-order valence-electron chi connectivity index (χ3n) is 3.66. The lowest BCUT2D eigenvalue weighted by atomic mass is 9.87. The van der Waals surface area contributed by atoms with Crippen LogP contribution in [0.1, 0.15) is 34.6 Å². The van der Waals surface area contributed by atoms with Crippen LogP contribution >= 0.6 is 0 Å². The highest BCUT2D eigenvalue weighted by Gasteiger charge is 2.36. The van der Waals surface area contributed by atoms with Crippen LogP contribution in [0.2, 0.25) is 0 Å². The quantitative estimate of drug-likeness (QED) is 0.791. The molecular formula is C13H24N2O3. The monoisotopic (exact) mass is 256 g/mol. The number of carboxylic acids is 1. The summed E-state index contributed by atoms with van der Waals surface area (Å²) in [4.78, 5) is 24.9. The molecule has 5 nitrogen and oxygen atoms in total. The number of hydrogen-bond donors (Lipinski definition) is 2. The van der Waals surface area contributed by atoms with Crippen LogP contribution in [0, 0.1) is 17.3 Å². The summed E-state index contributed by atoms with van der Waals surface area (Å²) < 4.78 is 0. The minimum Gasteiger partial charge on any atom is -0.480 e. The van der Waals surface area contributed by atoms with E-state index in [1.165, 1.54) is 0 Å². The topological polar surface area (TPSA) is 69.6 Å². The summed E-state index contributed by atoms with van der Waals surface area (Å²) in [5.41, 5.74) is -0.502. The van der Waals surface area contributed by atoms with E-state index in [4.69, 9.17) is 0 Å². The minimum absolute atomic E-state index is 0.270. The summed E-state index contributed by atoms with van der Waals surface area (Å²) in [6, 6.07) is -1.13. The lowest BCUT2D eigenvalue weighted by molar-refractivity contribution is -0.142. The van der Waals surface area contributed by atoms with Gasteiger partial charge in [0.1, 0.15) is 6.04 Å². The van der Waals surface area contributed by atoms with Gasteiger partial charge in [0.15, 0.2) is 0 Å². The molecule has 1 saturated heterocycles. The number of aliphatic carboxylic acids is 1. The normalized spacial score (nSPS) is 25.9. The van der Waals surface area contributed by atoms with Gasteiger partial charge < -0.3 is 15.3 Å². The third kappa shape index (κ3) is 3.37. The number of nitrogens with one attached hydrogen (secondary N) is 1. The van der Waals surface area contributed by atoms with Gasteiger partial charge in [-0.1, -0.05) is 34.6 Å². The molecule has 0 aromatic carbocycles. The summed E-state index contributed by atoms with van der Waals surface area (Å²) in [6.07, 6.45) is 0. The molecule has 1 fully saturated rings. The molecule has 1 rings (SSSR count). The second-order valence-corrected chi connectivity index (χ2v) is 6.45. The molecule has 5 heteroatoms. The van der Waals surface area contributed by atoms with E-state index in [1.54, 1.807) is 25.7 Å². The standard InChI is InChI=1S/C13H24N2O3/c1-8-6-15(7-9(8)2)12(18)14-10(11(16)17)13(3,4)5/h8-10H,6-7H2,1-5H3,(H,14,18)(H,16,17)/t8?,9?,10-/m0/s1. The van der Waals surface area contributed by atoms with E-state index in [1.807, 2.05) is 0 Å². The Morgan fingerprint density at radius 2 is 1.67 bits per heavy atom. The Morgan fingerprint density at radius 1 is 1.22 bits per heavy atom. The summed E-state index contributed by atoms with van der Waals surface area (Å²) in [5.74, 6) is -0.0570. The van der Waals surface area contributed by atoms with E-state index < -0.39 is 17.4 Å². The van der Waals surface area contributed by atoms with Crippen LogP contribution in [0.4, 0.5) is 4.79 Å².